The summed E-state index contributed by atoms with van der Waals surface area (Å²) in [6, 6.07) is 0. The number of hydrogen-bond donors (Lipinski definition) is 1. The van der Waals surface area contributed by atoms with Crippen molar-refractivity contribution in [3.05, 3.63) is 0 Å². The third-order valence-corrected chi connectivity index (χ3v) is 3.98. The van der Waals surface area contributed by atoms with Crippen LogP contribution in [0, 0.1) is 0 Å². The van der Waals surface area contributed by atoms with Gasteiger partial charge in [-0.15, -0.1) is 0 Å². The maximum absolute atomic E-state index is 11.0. The van der Waals surface area contributed by atoms with Gasteiger partial charge >= 0.3 is 5.97 Å². The molecule has 2 rings (SSSR count). The topological polar surface area (TPSA) is 49.8 Å². The van der Waals surface area contributed by atoms with Crippen LogP contribution in [-0.4, -0.2) is 79.5 Å². The first kappa shape index (κ1) is 12.8. The highest BCUT2D eigenvalue weighted by atomic mass is 16.5. The second-order valence-electron chi connectivity index (χ2n) is 5.23. The lowest BCUT2D eigenvalue weighted by Crippen LogP contribution is -2.53. The van der Waals surface area contributed by atoms with Crippen molar-refractivity contribution in [3.63, 3.8) is 0 Å². The molecule has 1 N–H and O–H groups in total. The van der Waals surface area contributed by atoms with Crippen molar-refractivity contribution in [1.29, 1.82) is 0 Å². The van der Waals surface area contributed by atoms with E-state index in [-0.39, 0.29) is 0 Å². The van der Waals surface area contributed by atoms with Crippen molar-refractivity contribution < 1.29 is 19.1 Å². The van der Waals surface area contributed by atoms with E-state index >= 15 is 0 Å². The number of ether oxygens (including phenoxy) is 1. The predicted octanol–water partition coefficient (Wildman–Crippen LogP) is 0.0138. The Balaban J connectivity index is 1.82. The third kappa shape index (κ3) is 3.66. The van der Waals surface area contributed by atoms with E-state index in [0.29, 0.717) is 6.54 Å². The van der Waals surface area contributed by atoms with Gasteiger partial charge in [0.05, 0.1) is 32.8 Å². The molecular weight excluding hydrogens is 220 g/mol. The summed E-state index contributed by atoms with van der Waals surface area (Å²) in [5.41, 5.74) is 0. The largest absolute Gasteiger partial charge is 0.477 e. The van der Waals surface area contributed by atoms with E-state index in [0.717, 1.165) is 57.0 Å². The Morgan fingerprint density at radius 3 is 2.47 bits per heavy atom. The average molecular weight is 243 g/mol. The number of aliphatic carboxylic acids is 1. The first-order chi connectivity index (χ1) is 8.20. The molecule has 2 aliphatic rings. The molecule has 5 heteroatoms. The van der Waals surface area contributed by atoms with E-state index in [9.17, 15) is 4.79 Å². The molecule has 0 bridgehead atoms. The Morgan fingerprint density at radius 1 is 1.24 bits per heavy atom. The number of carboxylic acid groups (broad SMARTS) is 1. The van der Waals surface area contributed by atoms with Crippen molar-refractivity contribution in [2.75, 3.05) is 59.0 Å². The second kappa shape index (κ2) is 5.80. The highest BCUT2D eigenvalue weighted by Crippen LogP contribution is 2.19. The van der Waals surface area contributed by atoms with E-state index in [4.69, 9.17) is 9.84 Å². The molecule has 2 heterocycles. The minimum atomic E-state index is -0.658. The van der Waals surface area contributed by atoms with Crippen LogP contribution in [-0.2, 0) is 9.53 Å². The molecule has 0 spiro atoms. The van der Waals surface area contributed by atoms with Gasteiger partial charge in [0.2, 0.25) is 0 Å². The fraction of sp³-hybridized carbons (Fsp3) is 0.917. The van der Waals surface area contributed by atoms with Crippen LogP contribution in [0.2, 0.25) is 0 Å². The average Bonchev–Trinajstić information content (AvgIpc) is 2.76. The predicted molar refractivity (Wildman–Crippen MR) is 63.9 cm³/mol. The Bertz CT molecular complexity index is 258. The Morgan fingerprint density at radius 2 is 1.88 bits per heavy atom. The van der Waals surface area contributed by atoms with E-state index in [1.165, 1.54) is 12.8 Å². The number of quaternary nitrogens is 1. The van der Waals surface area contributed by atoms with Crippen LogP contribution in [0.15, 0.2) is 0 Å². The third-order valence-electron chi connectivity index (χ3n) is 3.98. The van der Waals surface area contributed by atoms with Gasteiger partial charge in [-0.3, -0.25) is 4.90 Å². The van der Waals surface area contributed by atoms with Crippen LogP contribution < -0.4 is 0 Å². The molecule has 0 aliphatic carbocycles. The minimum Gasteiger partial charge on any atom is -0.477 e. The molecule has 0 unspecified atom stereocenters. The quantitative estimate of drug-likeness (QED) is 0.691. The number of hydrogen-bond acceptors (Lipinski definition) is 3. The molecule has 0 radical (unpaired) electrons. The molecule has 2 saturated heterocycles. The van der Waals surface area contributed by atoms with Gasteiger partial charge in [-0.1, -0.05) is 0 Å². The van der Waals surface area contributed by atoms with E-state index in [1.807, 2.05) is 0 Å². The number of nitrogens with zero attached hydrogens (tertiary/aromatic N) is 2. The fourth-order valence-electron chi connectivity index (χ4n) is 2.93. The van der Waals surface area contributed by atoms with E-state index in [2.05, 4.69) is 4.90 Å². The summed E-state index contributed by atoms with van der Waals surface area (Å²) in [6.45, 7) is 7.98. The summed E-state index contributed by atoms with van der Waals surface area (Å²) in [6.07, 6.45) is 2.35. The number of carbonyl (C=O) groups is 1. The standard InChI is InChI=1S/C12H22N2O3/c15-12(16)11-14(6-1-2-7-14)8-3-13-4-9-17-10-5-13/h1-11H2/p+1. The van der Waals surface area contributed by atoms with Crippen LogP contribution in [0.5, 0.6) is 0 Å². The van der Waals surface area contributed by atoms with E-state index < -0.39 is 5.97 Å². The van der Waals surface area contributed by atoms with Crippen molar-refractivity contribution in [3.8, 4) is 0 Å². The van der Waals surface area contributed by atoms with Crippen molar-refractivity contribution >= 4 is 5.97 Å². The summed E-state index contributed by atoms with van der Waals surface area (Å²) in [7, 11) is 0. The zero-order chi connectivity index (χ0) is 12.1. The molecule has 5 nitrogen and oxygen atoms in total. The van der Waals surface area contributed by atoms with Crippen molar-refractivity contribution in [2.45, 2.75) is 12.8 Å². The normalized spacial score (nSPS) is 24.9. The van der Waals surface area contributed by atoms with Crippen molar-refractivity contribution in [1.82, 2.24) is 4.90 Å². The van der Waals surface area contributed by atoms with Gasteiger partial charge in [-0.2, -0.15) is 0 Å². The summed E-state index contributed by atoms with van der Waals surface area (Å²) < 4.78 is 6.10. The Hall–Kier alpha value is -0.650. The molecule has 17 heavy (non-hydrogen) atoms. The van der Waals surface area contributed by atoms with Gasteiger partial charge in [-0.25, -0.2) is 4.79 Å². The Labute approximate surface area is 103 Å². The number of rotatable bonds is 5. The summed E-state index contributed by atoms with van der Waals surface area (Å²) in [5.74, 6) is -0.658. The molecule has 98 valence electrons. The lowest BCUT2D eigenvalue weighted by Gasteiger charge is -2.35. The first-order valence-corrected chi connectivity index (χ1v) is 6.57. The van der Waals surface area contributed by atoms with Gasteiger partial charge in [0.25, 0.3) is 0 Å². The molecule has 2 fully saturated rings. The summed E-state index contributed by atoms with van der Waals surface area (Å²) >= 11 is 0. The lowest BCUT2D eigenvalue weighted by atomic mass is 10.3. The molecule has 0 atom stereocenters. The maximum atomic E-state index is 11.0. The zero-order valence-corrected chi connectivity index (χ0v) is 10.4. The van der Waals surface area contributed by atoms with Crippen LogP contribution in [0.1, 0.15) is 12.8 Å². The van der Waals surface area contributed by atoms with Crippen LogP contribution >= 0.6 is 0 Å². The highest BCUT2D eigenvalue weighted by Gasteiger charge is 2.34. The van der Waals surface area contributed by atoms with Gasteiger partial charge in [0, 0.05) is 32.5 Å². The van der Waals surface area contributed by atoms with Crippen LogP contribution in [0.3, 0.4) is 0 Å². The summed E-state index contributed by atoms with van der Waals surface area (Å²) in [4.78, 5) is 13.4. The number of likely N-dealkylation sites (tertiary alicyclic amines) is 1. The van der Waals surface area contributed by atoms with Gasteiger partial charge in [0.1, 0.15) is 0 Å². The molecule has 0 aromatic rings. The molecular formula is C12H23N2O3+. The zero-order valence-electron chi connectivity index (χ0n) is 10.4. The highest BCUT2D eigenvalue weighted by molar-refractivity contribution is 5.67. The monoisotopic (exact) mass is 243 g/mol. The van der Waals surface area contributed by atoms with Crippen molar-refractivity contribution in [2.24, 2.45) is 0 Å². The SMILES string of the molecule is O=C(O)C[N+]1(CCN2CCOCC2)CCCC1. The van der Waals surface area contributed by atoms with Crippen LogP contribution in [0.25, 0.3) is 0 Å². The van der Waals surface area contributed by atoms with Gasteiger partial charge in [0.15, 0.2) is 6.54 Å². The van der Waals surface area contributed by atoms with Crippen LogP contribution in [0.4, 0.5) is 0 Å². The lowest BCUT2D eigenvalue weighted by molar-refractivity contribution is -0.909. The van der Waals surface area contributed by atoms with Gasteiger partial charge < -0.3 is 14.3 Å². The van der Waals surface area contributed by atoms with Gasteiger partial charge in [-0.05, 0) is 0 Å². The summed E-state index contributed by atoms with van der Waals surface area (Å²) in [5, 5.41) is 9.03. The first-order valence-electron chi connectivity index (χ1n) is 6.57. The molecule has 0 saturated carbocycles. The molecule has 0 aromatic carbocycles. The maximum Gasteiger partial charge on any atom is 0.359 e. The molecule has 0 amide bonds. The molecule has 0 aromatic heterocycles. The second-order valence-corrected chi connectivity index (χ2v) is 5.23. The fourth-order valence-corrected chi connectivity index (χ4v) is 2.93. The number of carboxylic acids is 1. The van der Waals surface area contributed by atoms with E-state index in [1.54, 1.807) is 0 Å². The number of morpholine rings is 1. The smallest absolute Gasteiger partial charge is 0.359 e. The minimum absolute atomic E-state index is 0.296. The molecule has 2 aliphatic heterocycles. The Kier molecular flexibility index (Phi) is 4.36.